The zero-order valence-electron chi connectivity index (χ0n) is 14.0. The lowest BCUT2D eigenvalue weighted by Crippen LogP contribution is -2.34. The minimum Gasteiger partial charge on any atom is -0.352 e. The lowest BCUT2D eigenvalue weighted by atomic mass is 9.94. The van der Waals surface area contributed by atoms with Crippen LogP contribution in [0.3, 0.4) is 0 Å². The molecule has 0 saturated carbocycles. The molecule has 0 spiro atoms. The van der Waals surface area contributed by atoms with Gasteiger partial charge in [0.25, 0.3) is 0 Å². The molecule has 0 aromatic heterocycles. The smallest absolute Gasteiger partial charge is 0.250 e. The number of rotatable bonds is 5. The third kappa shape index (κ3) is 3.59. The van der Waals surface area contributed by atoms with Crippen molar-refractivity contribution in [3.8, 4) is 0 Å². The Balaban J connectivity index is 2.15. The number of benzene rings is 1. The summed E-state index contributed by atoms with van der Waals surface area (Å²) in [5.41, 5.74) is 3.06. The van der Waals surface area contributed by atoms with Gasteiger partial charge in [-0.25, -0.2) is 0 Å². The largest absolute Gasteiger partial charge is 0.352 e. The van der Waals surface area contributed by atoms with Crippen LogP contribution >= 0.6 is 0 Å². The summed E-state index contributed by atoms with van der Waals surface area (Å²) in [5, 5.41) is 3.13. The van der Waals surface area contributed by atoms with E-state index in [-0.39, 0.29) is 17.9 Å². The average molecular weight is 298 g/mol. The van der Waals surface area contributed by atoms with Crippen LogP contribution in [0.5, 0.6) is 0 Å². The summed E-state index contributed by atoms with van der Waals surface area (Å²) < 4.78 is 0. The van der Waals surface area contributed by atoms with Gasteiger partial charge in [-0.3, -0.25) is 4.79 Å². The molecular formula is C19H26N2O. The molecule has 2 rings (SSSR count). The number of amides is 1. The van der Waals surface area contributed by atoms with E-state index in [1.54, 1.807) is 0 Å². The van der Waals surface area contributed by atoms with E-state index < -0.39 is 0 Å². The molecule has 1 amide bonds. The molecule has 3 heteroatoms. The normalized spacial score (nSPS) is 19.3. The fraction of sp³-hybridized carbons (Fsp3) is 0.421. The Kier molecular flexibility index (Phi) is 5.42. The molecule has 0 radical (unpaired) electrons. The Bertz CT molecular complexity index is 574. The van der Waals surface area contributed by atoms with E-state index in [0.717, 1.165) is 29.8 Å². The first-order chi connectivity index (χ1) is 10.5. The van der Waals surface area contributed by atoms with Gasteiger partial charge in [0.2, 0.25) is 5.91 Å². The van der Waals surface area contributed by atoms with Crippen LogP contribution < -0.4 is 5.32 Å². The summed E-state index contributed by atoms with van der Waals surface area (Å²) in [4.78, 5) is 14.9. The first kappa shape index (κ1) is 16.3. The molecule has 3 nitrogen and oxygen atoms in total. The molecule has 2 atom stereocenters. The first-order valence-electron chi connectivity index (χ1n) is 8.06. The second kappa shape index (κ2) is 7.30. The van der Waals surface area contributed by atoms with E-state index in [4.69, 9.17) is 0 Å². The zero-order valence-corrected chi connectivity index (χ0v) is 14.0. The van der Waals surface area contributed by atoms with Crippen LogP contribution in [-0.4, -0.2) is 17.4 Å². The van der Waals surface area contributed by atoms with Crippen molar-refractivity contribution in [3.63, 3.8) is 0 Å². The van der Waals surface area contributed by atoms with E-state index in [1.807, 2.05) is 44.2 Å². The van der Waals surface area contributed by atoms with Gasteiger partial charge in [0, 0.05) is 29.9 Å². The predicted octanol–water partition coefficient (Wildman–Crippen LogP) is 4.01. The number of allylic oxidation sites excluding steroid dienone is 2. The van der Waals surface area contributed by atoms with Gasteiger partial charge in [-0.2, -0.15) is 0 Å². The standard InChI is InChI=1S/C19H26N2O/c1-5-12-21-13-11-14(2)18(16(21)4)19(22)20-15(3)17-9-7-6-8-10-17/h6-11,13-15H,5,12H2,1-4H3,(H,20,22)/t14-,15?/m1/s1. The molecule has 1 aromatic rings. The molecule has 0 fully saturated rings. The summed E-state index contributed by atoms with van der Waals surface area (Å²) in [5.74, 6) is 0.183. The molecule has 22 heavy (non-hydrogen) atoms. The fourth-order valence-corrected chi connectivity index (χ4v) is 2.88. The molecule has 1 unspecified atom stereocenters. The SMILES string of the molecule is CCCN1C=C[C@@H](C)C(C(=O)NC(C)c2ccccc2)=C1C. The van der Waals surface area contributed by atoms with Crippen LogP contribution in [0.1, 0.15) is 45.7 Å². The molecule has 1 aliphatic rings. The topological polar surface area (TPSA) is 32.3 Å². The molecule has 118 valence electrons. The Labute approximate surface area is 133 Å². The van der Waals surface area contributed by atoms with Gasteiger partial charge in [-0.05, 0) is 25.8 Å². The third-order valence-corrected chi connectivity index (χ3v) is 4.19. The van der Waals surface area contributed by atoms with Gasteiger partial charge < -0.3 is 10.2 Å². The Morgan fingerprint density at radius 2 is 2.00 bits per heavy atom. The second-order valence-corrected chi connectivity index (χ2v) is 5.93. The molecule has 1 aromatic carbocycles. The molecule has 1 aliphatic heterocycles. The Morgan fingerprint density at radius 1 is 1.32 bits per heavy atom. The van der Waals surface area contributed by atoms with Crippen LogP contribution in [0.15, 0.2) is 53.9 Å². The monoisotopic (exact) mass is 298 g/mol. The number of hydrogen-bond donors (Lipinski definition) is 1. The summed E-state index contributed by atoms with van der Waals surface area (Å²) in [6.45, 7) is 9.23. The lowest BCUT2D eigenvalue weighted by molar-refractivity contribution is -0.118. The van der Waals surface area contributed by atoms with Gasteiger partial charge in [-0.1, -0.05) is 50.3 Å². The van der Waals surface area contributed by atoms with Crippen molar-refractivity contribution in [1.82, 2.24) is 10.2 Å². The van der Waals surface area contributed by atoms with Gasteiger partial charge >= 0.3 is 0 Å². The van der Waals surface area contributed by atoms with Crippen LogP contribution in [-0.2, 0) is 4.79 Å². The van der Waals surface area contributed by atoms with E-state index in [1.165, 1.54) is 0 Å². The summed E-state index contributed by atoms with van der Waals surface area (Å²) >= 11 is 0. The minimum atomic E-state index is 0.00623. The molecule has 1 heterocycles. The van der Waals surface area contributed by atoms with Gasteiger partial charge in [0.15, 0.2) is 0 Å². The van der Waals surface area contributed by atoms with Crippen LogP contribution in [0.2, 0.25) is 0 Å². The van der Waals surface area contributed by atoms with Crippen molar-refractivity contribution >= 4 is 5.91 Å². The maximum Gasteiger partial charge on any atom is 0.250 e. The number of nitrogens with zero attached hydrogens (tertiary/aromatic N) is 1. The van der Waals surface area contributed by atoms with Crippen molar-refractivity contribution in [1.29, 1.82) is 0 Å². The van der Waals surface area contributed by atoms with E-state index in [9.17, 15) is 4.79 Å². The van der Waals surface area contributed by atoms with Crippen molar-refractivity contribution < 1.29 is 4.79 Å². The summed E-state index contributed by atoms with van der Waals surface area (Å²) in [6, 6.07) is 10.1. The third-order valence-electron chi connectivity index (χ3n) is 4.19. The maximum absolute atomic E-state index is 12.7. The molecule has 0 aliphatic carbocycles. The van der Waals surface area contributed by atoms with E-state index in [2.05, 4.69) is 36.3 Å². The quantitative estimate of drug-likeness (QED) is 0.890. The molecular weight excluding hydrogens is 272 g/mol. The molecule has 0 bridgehead atoms. The van der Waals surface area contributed by atoms with Crippen molar-refractivity contribution in [2.45, 2.75) is 40.2 Å². The van der Waals surface area contributed by atoms with Crippen LogP contribution in [0, 0.1) is 5.92 Å². The van der Waals surface area contributed by atoms with E-state index >= 15 is 0 Å². The van der Waals surface area contributed by atoms with Gasteiger partial charge in [0.05, 0.1) is 6.04 Å². The van der Waals surface area contributed by atoms with Gasteiger partial charge in [-0.15, -0.1) is 0 Å². The number of nitrogens with one attached hydrogen (secondary N) is 1. The number of carbonyl (C=O) groups excluding carboxylic acids is 1. The Morgan fingerprint density at radius 3 is 2.64 bits per heavy atom. The van der Waals surface area contributed by atoms with Crippen LogP contribution in [0.4, 0.5) is 0 Å². The van der Waals surface area contributed by atoms with Crippen molar-refractivity contribution in [3.05, 3.63) is 59.4 Å². The highest BCUT2D eigenvalue weighted by Gasteiger charge is 2.24. The van der Waals surface area contributed by atoms with Crippen LogP contribution in [0.25, 0.3) is 0 Å². The number of carbonyl (C=O) groups is 1. The van der Waals surface area contributed by atoms with Crippen molar-refractivity contribution in [2.75, 3.05) is 6.54 Å². The Hall–Kier alpha value is -2.03. The first-order valence-corrected chi connectivity index (χ1v) is 8.06. The minimum absolute atomic E-state index is 0.00623. The highest BCUT2D eigenvalue weighted by molar-refractivity contribution is 5.95. The predicted molar refractivity (Wildman–Crippen MR) is 91.0 cm³/mol. The zero-order chi connectivity index (χ0) is 16.1. The molecule has 0 saturated heterocycles. The highest BCUT2D eigenvalue weighted by Crippen LogP contribution is 2.26. The molecule has 1 N–H and O–H groups in total. The highest BCUT2D eigenvalue weighted by atomic mass is 16.1. The van der Waals surface area contributed by atoms with Gasteiger partial charge in [0.1, 0.15) is 0 Å². The number of hydrogen-bond acceptors (Lipinski definition) is 2. The average Bonchev–Trinajstić information content (AvgIpc) is 2.51. The second-order valence-electron chi connectivity index (χ2n) is 5.93. The maximum atomic E-state index is 12.7. The fourth-order valence-electron chi connectivity index (χ4n) is 2.88. The summed E-state index contributed by atoms with van der Waals surface area (Å²) in [6.07, 6.45) is 5.26. The summed E-state index contributed by atoms with van der Waals surface area (Å²) in [7, 11) is 0. The van der Waals surface area contributed by atoms with Crippen molar-refractivity contribution in [2.24, 2.45) is 5.92 Å². The lowest BCUT2D eigenvalue weighted by Gasteiger charge is -2.30. The van der Waals surface area contributed by atoms with E-state index in [0.29, 0.717) is 0 Å².